The predicted octanol–water partition coefficient (Wildman–Crippen LogP) is 4.08. The first kappa shape index (κ1) is 15.3. The standard InChI is InChI=1S/C17H15NO4S/c1-11-18-15(10-23-11)12-3-5-13(6-4-12)21-9-14-7-8-16(22-14)17(19)20-2/h3-8,10H,9H2,1-2H3. The summed E-state index contributed by atoms with van der Waals surface area (Å²) in [4.78, 5) is 15.8. The lowest BCUT2D eigenvalue weighted by Gasteiger charge is -2.05. The summed E-state index contributed by atoms with van der Waals surface area (Å²) >= 11 is 1.62. The molecule has 118 valence electrons. The van der Waals surface area contributed by atoms with Crippen molar-refractivity contribution >= 4 is 17.3 Å². The highest BCUT2D eigenvalue weighted by atomic mass is 32.1. The van der Waals surface area contributed by atoms with Crippen molar-refractivity contribution in [2.75, 3.05) is 7.11 Å². The van der Waals surface area contributed by atoms with Crippen molar-refractivity contribution in [3.8, 4) is 17.0 Å². The van der Waals surface area contributed by atoms with Gasteiger partial charge in [-0.25, -0.2) is 9.78 Å². The highest BCUT2D eigenvalue weighted by Crippen LogP contribution is 2.24. The molecular weight excluding hydrogens is 314 g/mol. The number of hydrogen-bond acceptors (Lipinski definition) is 6. The first-order valence-corrected chi connectivity index (χ1v) is 7.86. The molecule has 3 rings (SSSR count). The Kier molecular flexibility index (Phi) is 4.43. The van der Waals surface area contributed by atoms with E-state index in [1.807, 2.05) is 36.6 Å². The van der Waals surface area contributed by atoms with Crippen molar-refractivity contribution in [2.24, 2.45) is 0 Å². The molecule has 0 aliphatic rings. The number of rotatable bonds is 5. The zero-order valence-electron chi connectivity index (χ0n) is 12.7. The second kappa shape index (κ2) is 6.66. The topological polar surface area (TPSA) is 61.6 Å². The van der Waals surface area contributed by atoms with Crippen LogP contribution in [0, 0.1) is 6.92 Å². The number of carbonyl (C=O) groups excluding carboxylic acids is 1. The number of nitrogens with zero attached hydrogens (tertiary/aromatic N) is 1. The molecule has 0 amide bonds. The van der Waals surface area contributed by atoms with Crippen LogP contribution in [0.1, 0.15) is 21.3 Å². The number of ether oxygens (including phenoxy) is 2. The van der Waals surface area contributed by atoms with E-state index in [2.05, 4.69) is 9.72 Å². The molecule has 3 aromatic rings. The van der Waals surface area contributed by atoms with Gasteiger partial charge in [0.25, 0.3) is 0 Å². The van der Waals surface area contributed by atoms with Gasteiger partial charge in [-0.1, -0.05) is 0 Å². The minimum absolute atomic E-state index is 0.167. The van der Waals surface area contributed by atoms with E-state index in [9.17, 15) is 4.79 Å². The monoisotopic (exact) mass is 329 g/mol. The van der Waals surface area contributed by atoms with Gasteiger partial charge in [0, 0.05) is 10.9 Å². The molecule has 1 aromatic carbocycles. The van der Waals surface area contributed by atoms with Crippen molar-refractivity contribution in [1.82, 2.24) is 4.98 Å². The average Bonchev–Trinajstić information content (AvgIpc) is 3.22. The zero-order valence-corrected chi connectivity index (χ0v) is 13.6. The van der Waals surface area contributed by atoms with Crippen LogP contribution >= 0.6 is 11.3 Å². The third-order valence-electron chi connectivity index (χ3n) is 3.20. The number of aromatic nitrogens is 1. The largest absolute Gasteiger partial charge is 0.486 e. The van der Waals surface area contributed by atoms with Crippen LogP contribution in [0.15, 0.2) is 46.2 Å². The lowest BCUT2D eigenvalue weighted by Crippen LogP contribution is -1.99. The molecule has 6 heteroatoms. The van der Waals surface area contributed by atoms with E-state index in [-0.39, 0.29) is 12.4 Å². The SMILES string of the molecule is COC(=O)c1ccc(COc2ccc(-c3csc(C)n3)cc2)o1. The molecule has 0 unspecified atom stereocenters. The van der Waals surface area contributed by atoms with Gasteiger partial charge in [0.2, 0.25) is 5.76 Å². The van der Waals surface area contributed by atoms with Gasteiger partial charge in [-0.15, -0.1) is 11.3 Å². The quantitative estimate of drug-likeness (QED) is 0.660. The van der Waals surface area contributed by atoms with E-state index in [4.69, 9.17) is 9.15 Å². The molecule has 0 saturated carbocycles. The number of hydrogen-bond donors (Lipinski definition) is 0. The molecule has 0 N–H and O–H groups in total. The molecule has 5 nitrogen and oxygen atoms in total. The maximum absolute atomic E-state index is 11.3. The first-order chi connectivity index (χ1) is 11.2. The molecule has 0 fully saturated rings. The van der Waals surface area contributed by atoms with Gasteiger partial charge >= 0.3 is 5.97 Å². The fraction of sp³-hybridized carbons (Fsp3) is 0.176. The number of thiazole rings is 1. The highest BCUT2D eigenvalue weighted by molar-refractivity contribution is 7.09. The molecule has 0 radical (unpaired) electrons. The average molecular weight is 329 g/mol. The lowest BCUT2D eigenvalue weighted by atomic mass is 10.2. The third-order valence-corrected chi connectivity index (χ3v) is 3.97. The second-order valence-corrected chi connectivity index (χ2v) is 5.88. The fourth-order valence-corrected chi connectivity index (χ4v) is 2.66. The molecule has 0 saturated heterocycles. The van der Waals surface area contributed by atoms with Gasteiger partial charge in [0.05, 0.1) is 17.8 Å². The number of benzene rings is 1. The van der Waals surface area contributed by atoms with Gasteiger partial charge in [-0.3, -0.25) is 0 Å². The van der Waals surface area contributed by atoms with Gasteiger partial charge < -0.3 is 13.9 Å². The lowest BCUT2D eigenvalue weighted by molar-refractivity contribution is 0.0561. The van der Waals surface area contributed by atoms with Crippen LogP contribution < -0.4 is 4.74 Å². The molecule has 0 atom stereocenters. The van der Waals surface area contributed by atoms with Crippen LogP contribution in [0.3, 0.4) is 0 Å². The Hall–Kier alpha value is -2.60. The van der Waals surface area contributed by atoms with Crippen molar-refractivity contribution in [1.29, 1.82) is 0 Å². The normalized spacial score (nSPS) is 10.5. The van der Waals surface area contributed by atoms with E-state index >= 15 is 0 Å². The van der Waals surface area contributed by atoms with E-state index in [0.717, 1.165) is 22.0 Å². The molecule has 0 bridgehead atoms. The number of furan rings is 1. The first-order valence-electron chi connectivity index (χ1n) is 6.98. The summed E-state index contributed by atoms with van der Waals surface area (Å²) in [7, 11) is 1.31. The Balaban J connectivity index is 1.62. The Morgan fingerprint density at radius 3 is 2.65 bits per heavy atom. The Morgan fingerprint density at radius 2 is 2.00 bits per heavy atom. The van der Waals surface area contributed by atoms with Crippen LogP contribution in [0.5, 0.6) is 5.75 Å². The number of carbonyl (C=O) groups is 1. The Labute approximate surface area is 137 Å². The molecule has 0 aliphatic carbocycles. The zero-order chi connectivity index (χ0) is 16.2. The summed E-state index contributed by atoms with van der Waals surface area (Å²) in [5.41, 5.74) is 2.01. The van der Waals surface area contributed by atoms with Crippen LogP contribution in [0.4, 0.5) is 0 Å². The second-order valence-electron chi connectivity index (χ2n) is 4.82. The van der Waals surface area contributed by atoms with Crippen LogP contribution in [0.2, 0.25) is 0 Å². The van der Waals surface area contributed by atoms with Crippen molar-refractivity contribution in [3.63, 3.8) is 0 Å². The van der Waals surface area contributed by atoms with Crippen molar-refractivity contribution in [2.45, 2.75) is 13.5 Å². The van der Waals surface area contributed by atoms with Gasteiger partial charge in [0.1, 0.15) is 18.1 Å². The van der Waals surface area contributed by atoms with Crippen molar-refractivity contribution in [3.05, 3.63) is 58.3 Å². The van der Waals surface area contributed by atoms with E-state index in [0.29, 0.717) is 5.76 Å². The summed E-state index contributed by atoms with van der Waals surface area (Å²) in [5, 5.41) is 3.07. The highest BCUT2D eigenvalue weighted by Gasteiger charge is 2.11. The van der Waals surface area contributed by atoms with Gasteiger partial charge in [-0.2, -0.15) is 0 Å². The van der Waals surface area contributed by atoms with Crippen molar-refractivity contribution < 1.29 is 18.7 Å². The minimum atomic E-state index is -0.501. The fourth-order valence-electron chi connectivity index (χ4n) is 2.04. The predicted molar refractivity (Wildman–Crippen MR) is 86.7 cm³/mol. The smallest absolute Gasteiger partial charge is 0.373 e. The maximum Gasteiger partial charge on any atom is 0.373 e. The maximum atomic E-state index is 11.3. The van der Waals surface area contributed by atoms with Crippen LogP contribution in [0.25, 0.3) is 11.3 Å². The molecule has 2 aromatic heterocycles. The third kappa shape index (κ3) is 3.60. The van der Waals surface area contributed by atoms with Gasteiger partial charge in [0.15, 0.2) is 0 Å². The number of methoxy groups -OCH3 is 1. The van der Waals surface area contributed by atoms with Crippen LogP contribution in [-0.4, -0.2) is 18.1 Å². The molecule has 0 aliphatic heterocycles. The molecule has 2 heterocycles. The summed E-state index contributed by atoms with van der Waals surface area (Å²) in [6, 6.07) is 11.0. The van der Waals surface area contributed by atoms with E-state index in [1.54, 1.807) is 23.5 Å². The van der Waals surface area contributed by atoms with Crippen LogP contribution in [-0.2, 0) is 11.3 Å². The molecule has 0 spiro atoms. The Bertz CT molecular complexity index is 804. The van der Waals surface area contributed by atoms with E-state index < -0.39 is 5.97 Å². The molecule has 23 heavy (non-hydrogen) atoms. The summed E-state index contributed by atoms with van der Waals surface area (Å²) in [5.74, 6) is 0.945. The van der Waals surface area contributed by atoms with Gasteiger partial charge in [-0.05, 0) is 43.3 Å². The summed E-state index contributed by atoms with van der Waals surface area (Å²) < 4.78 is 15.6. The number of esters is 1. The summed E-state index contributed by atoms with van der Waals surface area (Å²) in [6.45, 7) is 2.23. The Morgan fingerprint density at radius 1 is 1.22 bits per heavy atom. The summed E-state index contributed by atoms with van der Waals surface area (Å²) in [6.07, 6.45) is 0. The molecular formula is C17H15NO4S. The van der Waals surface area contributed by atoms with E-state index in [1.165, 1.54) is 7.11 Å². The number of aryl methyl sites for hydroxylation is 1. The minimum Gasteiger partial charge on any atom is -0.486 e.